The van der Waals surface area contributed by atoms with Crippen LogP contribution in [-0.2, 0) is 95.8 Å². The molecular formula is C91H119N7O18S. The Balaban J connectivity index is 1.23. The summed E-state index contributed by atoms with van der Waals surface area (Å²) in [5, 5.41) is 16.3. The van der Waals surface area contributed by atoms with Crippen molar-refractivity contribution >= 4 is 82.8 Å². The van der Waals surface area contributed by atoms with E-state index in [0.29, 0.717) is 23.5 Å². The minimum atomic E-state index is -1.56. The molecule has 0 saturated heterocycles. The van der Waals surface area contributed by atoms with Crippen molar-refractivity contribution in [3.63, 3.8) is 0 Å². The summed E-state index contributed by atoms with van der Waals surface area (Å²) in [6, 6.07) is 47.5. The molecule has 0 heterocycles. The van der Waals surface area contributed by atoms with Gasteiger partial charge in [-0.1, -0.05) is 164 Å². The minimum absolute atomic E-state index is 0.00351. The van der Waals surface area contributed by atoms with Gasteiger partial charge in [0.2, 0.25) is 17.7 Å². The second-order valence-corrected chi connectivity index (χ2v) is 34.5. The number of ketones is 3. The maximum absolute atomic E-state index is 15.4. The van der Waals surface area contributed by atoms with Gasteiger partial charge in [-0.15, -0.1) is 11.8 Å². The summed E-state index contributed by atoms with van der Waals surface area (Å²) in [6.07, 6.45) is -3.98. The first-order valence-corrected chi connectivity index (χ1v) is 40.8. The van der Waals surface area contributed by atoms with E-state index in [0.717, 1.165) is 22.3 Å². The fraction of sp³-hybridized carbons (Fsp3) is 0.473. The number of benzene rings is 6. The van der Waals surface area contributed by atoms with Crippen molar-refractivity contribution in [3.8, 4) is 5.75 Å². The molecule has 0 aliphatic rings. The number of thioether (sulfide) groups is 1. The highest BCUT2D eigenvalue weighted by atomic mass is 32.2. The molecular weight excluding hydrogens is 1510 g/mol. The van der Waals surface area contributed by atoms with Gasteiger partial charge in [0, 0.05) is 56.7 Å². The number of urea groups is 1. The Labute approximate surface area is 692 Å². The van der Waals surface area contributed by atoms with E-state index >= 15 is 14.4 Å². The van der Waals surface area contributed by atoms with Crippen LogP contribution in [0.1, 0.15) is 201 Å². The SMILES string of the molecule is CCOc1ccc(COC(=O)[C@H](CSC(c2ccccc2)(c2ccccc2)c2ccccc2)NC(=O)[C@H](CC(=O)OC(C)(C)C)CC(=O)[C@H](CCC(=O)[C@H](Cc2ccccc2)NC(=O)[C@@H](CC(=O)CCCNC(=O)CC[C@H](NC(=O)N[C@@](C)(N)CCC(=O)OC(C)(C)C)C(=O)OC(C)(C)C)Cc2ccccc2)NC(=O)OC(C)(C)C)cc1. The third kappa shape index (κ3) is 34.9. The topological polar surface area (TPSA) is 358 Å². The van der Waals surface area contributed by atoms with Crippen molar-refractivity contribution in [2.24, 2.45) is 17.6 Å². The Kier molecular flexibility index (Phi) is 36.7. The summed E-state index contributed by atoms with van der Waals surface area (Å²) in [5.74, 6) is -8.84. The highest BCUT2D eigenvalue weighted by Crippen LogP contribution is 2.49. The average Bonchev–Trinajstić information content (AvgIpc) is 0.754. The van der Waals surface area contributed by atoms with Crippen molar-refractivity contribution in [1.82, 2.24) is 31.9 Å². The zero-order valence-electron chi connectivity index (χ0n) is 70.1. The molecule has 6 aromatic rings. The van der Waals surface area contributed by atoms with Crippen LogP contribution < -0.4 is 42.4 Å². The zero-order chi connectivity index (χ0) is 86.2. The number of hydrogen-bond donors (Lipinski definition) is 7. The van der Waals surface area contributed by atoms with Gasteiger partial charge in [-0.3, -0.25) is 38.4 Å². The van der Waals surface area contributed by atoms with Gasteiger partial charge in [-0.25, -0.2) is 19.2 Å². The first-order chi connectivity index (χ1) is 55.1. The van der Waals surface area contributed by atoms with Crippen LogP contribution in [0.2, 0.25) is 0 Å². The molecule has 25 nitrogen and oxygen atoms in total. The number of hydrogen-bond acceptors (Lipinski definition) is 20. The summed E-state index contributed by atoms with van der Waals surface area (Å²) < 4.78 is 33.0. The first-order valence-electron chi connectivity index (χ1n) is 39.8. The Hall–Kier alpha value is -10.7. The Morgan fingerprint density at radius 3 is 1.44 bits per heavy atom. The van der Waals surface area contributed by atoms with Crippen molar-refractivity contribution in [2.75, 3.05) is 18.9 Å². The lowest BCUT2D eigenvalue weighted by atomic mass is 9.84. The molecule has 0 aromatic heterocycles. The normalized spacial score (nSPS) is 13.8. The first kappa shape index (κ1) is 95.1. The van der Waals surface area contributed by atoms with Gasteiger partial charge in [0.15, 0.2) is 11.6 Å². The Bertz CT molecular complexity index is 4140. The van der Waals surface area contributed by atoms with Crippen LogP contribution in [0, 0.1) is 11.8 Å². The monoisotopic (exact) mass is 1630 g/mol. The second kappa shape index (κ2) is 45.1. The van der Waals surface area contributed by atoms with Crippen molar-refractivity contribution in [3.05, 3.63) is 209 Å². The van der Waals surface area contributed by atoms with Crippen molar-refractivity contribution in [2.45, 2.75) is 244 Å². The molecule has 7 atom stereocenters. The molecule has 0 radical (unpaired) electrons. The largest absolute Gasteiger partial charge is 0.494 e. The van der Waals surface area contributed by atoms with E-state index in [2.05, 4.69) is 31.9 Å². The number of nitrogens with two attached hydrogens (primary N) is 1. The summed E-state index contributed by atoms with van der Waals surface area (Å²) >= 11 is 1.37. The molecule has 0 saturated carbocycles. The second-order valence-electron chi connectivity index (χ2n) is 33.3. The van der Waals surface area contributed by atoms with Crippen LogP contribution in [-0.4, -0.2) is 142 Å². The highest BCUT2D eigenvalue weighted by Gasteiger charge is 2.42. The Morgan fingerprint density at radius 1 is 0.436 bits per heavy atom. The fourth-order valence-electron chi connectivity index (χ4n) is 12.7. The molecule has 8 N–H and O–H groups in total. The van der Waals surface area contributed by atoms with E-state index in [1.54, 1.807) is 168 Å². The molecule has 0 fully saturated rings. The lowest BCUT2D eigenvalue weighted by Gasteiger charge is -2.36. The van der Waals surface area contributed by atoms with Gasteiger partial charge in [0.05, 0.1) is 41.4 Å². The third-order valence-corrected chi connectivity index (χ3v) is 19.7. The summed E-state index contributed by atoms with van der Waals surface area (Å²) in [7, 11) is 0. The summed E-state index contributed by atoms with van der Waals surface area (Å²) in [4.78, 5) is 170. The zero-order valence-corrected chi connectivity index (χ0v) is 70.9. The third-order valence-electron chi connectivity index (χ3n) is 18.1. The van der Waals surface area contributed by atoms with E-state index in [9.17, 15) is 43.2 Å². The number of nitrogens with one attached hydrogen (secondary N) is 6. The van der Waals surface area contributed by atoms with E-state index in [4.69, 9.17) is 34.2 Å². The van der Waals surface area contributed by atoms with Gasteiger partial charge in [0.1, 0.15) is 52.6 Å². The molecule has 0 spiro atoms. The van der Waals surface area contributed by atoms with Crippen molar-refractivity contribution < 1.29 is 86.0 Å². The summed E-state index contributed by atoms with van der Waals surface area (Å²) in [6.45, 7) is 23.5. The van der Waals surface area contributed by atoms with E-state index < -0.39 is 160 Å². The predicted octanol–water partition coefficient (Wildman–Crippen LogP) is 12.9. The highest BCUT2D eigenvalue weighted by molar-refractivity contribution is 8.00. The standard InChI is InChI=1S/C91H119N7O18S/c1-15-111-70-45-43-63(44-46-70)59-112-82(107)74(60-117-91(66-36-25-18-26-37-66,67-38-27-19-28-39-67)68-40-29-20-30-41-68)95-81(106)65(58-79(104)114-87(5,6)7)57-76(101)71(97-85(110)116-89(11,12)13)47-49-75(100)73(55-62-34-23-17-24-35-62)94-80(105)64(54-61-32-21-16-22-33-61)56-69(99)42-31-53-93-77(102)50-48-72(83(108)115-88(8,9)10)96-84(109)98-90(14,92)52-51-78(103)113-86(2,3)4/h16-30,32-41,43-46,64-65,71-74H,15,31,42,47-60,92H2,1-14H3,(H,93,102)(H,94,105)(H,95,106)(H,97,110)(H2,96,98,109)/t64-,65+,71+,72+,73+,74+,90-/m1/s1. The van der Waals surface area contributed by atoms with E-state index in [-0.39, 0.29) is 82.5 Å². The van der Waals surface area contributed by atoms with E-state index in [1.165, 1.54) is 18.7 Å². The molecule has 0 bridgehead atoms. The number of ether oxygens (including phenoxy) is 6. The molecule has 6 aromatic carbocycles. The molecule has 0 aliphatic heterocycles. The number of esters is 4. The van der Waals surface area contributed by atoms with Crippen molar-refractivity contribution in [1.29, 1.82) is 0 Å². The maximum atomic E-state index is 15.4. The number of carbonyl (C=O) groups is 12. The quantitative estimate of drug-likeness (QED) is 0.00614. The van der Waals surface area contributed by atoms with Crippen LogP contribution in [0.5, 0.6) is 5.75 Å². The number of carbonyl (C=O) groups excluding carboxylic acids is 12. The number of alkyl carbamates (subject to hydrolysis) is 1. The van der Waals surface area contributed by atoms with Gasteiger partial charge < -0.3 is 66.1 Å². The number of rotatable bonds is 44. The predicted molar refractivity (Wildman–Crippen MR) is 448 cm³/mol. The number of Topliss-reactive ketones (excluding diaryl/α,β-unsaturated/α-hetero) is 3. The Morgan fingerprint density at radius 2 is 0.923 bits per heavy atom. The number of amides is 6. The average molecular weight is 1630 g/mol. The molecule has 632 valence electrons. The van der Waals surface area contributed by atoms with Gasteiger partial charge in [0.25, 0.3) is 0 Å². The van der Waals surface area contributed by atoms with Crippen LogP contribution in [0.4, 0.5) is 9.59 Å². The lowest BCUT2D eigenvalue weighted by Crippen LogP contribution is -2.59. The van der Waals surface area contributed by atoms with Crippen LogP contribution >= 0.6 is 11.8 Å². The molecule has 6 amide bonds. The fourth-order valence-corrected chi connectivity index (χ4v) is 14.2. The van der Waals surface area contributed by atoms with Crippen LogP contribution in [0.25, 0.3) is 0 Å². The van der Waals surface area contributed by atoms with Crippen LogP contribution in [0.15, 0.2) is 176 Å². The lowest BCUT2D eigenvalue weighted by molar-refractivity contribution is -0.158. The molecule has 26 heteroatoms. The molecule has 0 unspecified atom stereocenters. The maximum Gasteiger partial charge on any atom is 0.408 e. The summed E-state index contributed by atoms with van der Waals surface area (Å²) in [5.41, 5.74) is 5.66. The molecule has 117 heavy (non-hydrogen) atoms. The molecule has 6 rings (SSSR count). The smallest absolute Gasteiger partial charge is 0.408 e. The minimum Gasteiger partial charge on any atom is -0.494 e. The van der Waals surface area contributed by atoms with Gasteiger partial charge in [-0.05, 0) is 181 Å². The van der Waals surface area contributed by atoms with Gasteiger partial charge >= 0.3 is 36.0 Å². The molecule has 0 aliphatic carbocycles. The van der Waals surface area contributed by atoms with Gasteiger partial charge in [-0.2, -0.15) is 0 Å². The van der Waals surface area contributed by atoms with Crippen LogP contribution in [0.3, 0.4) is 0 Å². The van der Waals surface area contributed by atoms with E-state index in [1.807, 2.05) is 97.9 Å².